The van der Waals surface area contributed by atoms with E-state index in [2.05, 4.69) is 20.2 Å². The Morgan fingerprint density at radius 2 is 1.67 bits per heavy atom. The number of aromatic hydroxyl groups is 1. The van der Waals surface area contributed by atoms with Gasteiger partial charge in [-0.2, -0.15) is 0 Å². The van der Waals surface area contributed by atoms with Gasteiger partial charge in [-0.15, -0.1) is 0 Å². The van der Waals surface area contributed by atoms with Crippen LogP contribution in [0.15, 0.2) is 42.7 Å². The molecule has 4 rings (SSSR count). The molecule has 0 radical (unpaired) electrons. The first-order chi connectivity index (χ1) is 14.6. The molecule has 9 nitrogen and oxygen atoms in total. The van der Waals surface area contributed by atoms with E-state index in [1.165, 1.54) is 18.5 Å². The van der Waals surface area contributed by atoms with Gasteiger partial charge < -0.3 is 29.7 Å². The van der Waals surface area contributed by atoms with Crippen molar-refractivity contribution in [2.75, 3.05) is 50.6 Å². The average molecular weight is 409 g/mol. The minimum Gasteiger partial charge on any atom is -0.508 e. The molecule has 9 heteroatoms. The summed E-state index contributed by atoms with van der Waals surface area (Å²) in [4.78, 5) is 25.3. The maximum atomic E-state index is 12.5. The fourth-order valence-electron chi connectivity index (χ4n) is 3.49. The van der Waals surface area contributed by atoms with E-state index in [-0.39, 0.29) is 11.8 Å². The van der Waals surface area contributed by atoms with Crippen molar-refractivity contribution in [1.82, 2.24) is 14.9 Å². The van der Waals surface area contributed by atoms with Crippen LogP contribution in [-0.4, -0.2) is 66.4 Å². The molecular formula is C21H23N5O4. The monoisotopic (exact) mass is 409 g/mol. The van der Waals surface area contributed by atoms with Crippen molar-refractivity contribution < 1.29 is 19.4 Å². The van der Waals surface area contributed by atoms with Crippen LogP contribution in [0.3, 0.4) is 0 Å². The lowest BCUT2D eigenvalue weighted by molar-refractivity contribution is 0.208. The number of phenolic OH excluding ortho intramolecular Hbond substituents is 1. The summed E-state index contributed by atoms with van der Waals surface area (Å²) in [7, 11) is 3.19. The zero-order valence-corrected chi connectivity index (χ0v) is 16.8. The number of hydrogen-bond acceptors (Lipinski definition) is 7. The van der Waals surface area contributed by atoms with Crippen molar-refractivity contribution in [2.24, 2.45) is 0 Å². The summed E-state index contributed by atoms with van der Waals surface area (Å²) in [6.07, 6.45) is 1.54. The van der Waals surface area contributed by atoms with Crippen LogP contribution in [0.4, 0.5) is 16.3 Å². The van der Waals surface area contributed by atoms with E-state index in [1.54, 1.807) is 31.3 Å². The molecule has 0 aliphatic carbocycles. The molecule has 1 aromatic heterocycles. The van der Waals surface area contributed by atoms with E-state index < -0.39 is 0 Å². The molecule has 1 aliphatic heterocycles. The Morgan fingerprint density at radius 3 is 2.33 bits per heavy atom. The number of anilines is 2. The Morgan fingerprint density at radius 1 is 1.00 bits per heavy atom. The van der Waals surface area contributed by atoms with Crippen LogP contribution < -0.4 is 19.7 Å². The number of hydrogen-bond donors (Lipinski definition) is 2. The molecule has 0 spiro atoms. The standard InChI is InChI=1S/C21H23N5O4/c1-29-18-11-16-17(12-19(18)30-2)22-13-23-20(16)25-7-9-26(10-8-25)21(28)24-14-3-5-15(27)6-4-14/h3-6,11-13,27H,7-10H2,1-2H3,(H,24,28). The highest BCUT2D eigenvalue weighted by Gasteiger charge is 2.24. The molecule has 30 heavy (non-hydrogen) atoms. The van der Waals surface area contributed by atoms with Gasteiger partial charge in [-0.05, 0) is 30.3 Å². The summed E-state index contributed by atoms with van der Waals surface area (Å²) in [6.45, 7) is 2.40. The molecule has 0 atom stereocenters. The molecule has 1 aliphatic rings. The number of benzene rings is 2. The van der Waals surface area contributed by atoms with Crippen molar-refractivity contribution >= 4 is 28.4 Å². The van der Waals surface area contributed by atoms with E-state index in [9.17, 15) is 9.90 Å². The summed E-state index contributed by atoms with van der Waals surface area (Å²) in [5.41, 5.74) is 1.41. The lowest BCUT2D eigenvalue weighted by Crippen LogP contribution is -2.50. The Bertz CT molecular complexity index is 1050. The highest BCUT2D eigenvalue weighted by molar-refractivity contribution is 5.92. The third-order valence-corrected chi connectivity index (χ3v) is 5.10. The highest BCUT2D eigenvalue weighted by atomic mass is 16.5. The summed E-state index contributed by atoms with van der Waals surface area (Å²) in [5, 5.41) is 13.1. The highest BCUT2D eigenvalue weighted by Crippen LogP contribution is 2.34. The lowest BCUT2D eigenvalue weighted by Gasteiger charge is -2.35. The Labute approximate surface area is 173 Å². The number of methoxy groups -OCH3 is 2. The minimum absolute atomic E-state index is 0.160. The summed E-state index contributed by atoms with van der Waals surface area (Å²) >= 11 is 0. The zero-order chi connectivity index (χ0) is 21.1. The molecule has 2 N–H and O–H groups in total. The normalized spacial score (nSPS) is 13.9. The van der Waals surface area contributed by atoms with Crippen LogP contribution >= 0.6 is 0 Å². The van der Waals surface area contributed by atoms with Gasteiger partial charge in [-0.1, -0.05) is 0 Å². The van der Waals surface area contributed by atoms with Crippen LogP contribution in [-0.2, 0) is 0 Å². The number of piperazine rings is 1. The quantitative estimate of drug-likeness (QED) is 0.639. The van der Waals surface area contributed by atoms with Crippen LogP contribution in [0.5, 0.6) is 17.2 Å². The first-order valence-electron chi connectivity index (χ1n) is 9.55. The number of aromatic nitrogens is 2. The van der Waals surface area contributed by atoms with E-state index in [4.69, 9.17) is 9.47 Å². The summed E-state index contributed by atoms with van der Waals surface area (Å²) < 4.78 is 10.8. The molecule has 0 bridgehead atoms. The molecular weight excluding hydrogens is 386 g/mol. The topological polar surface area (TPSA) is 100 Å². The minimum atomic E-state index is -0.167. The third-order valence-electron chi connectivity index (χ3n) is 5.10. The molecule has 2 heterocycles. The number of urea groups is 1. The first-order valence-corrected chi connectivity index (χ1v) is 9.55. The number of rotatable bonds is 4. The number of fused-ring (bicyclic) bond motifs is 1. The fraction of sp³-hybridized carbons (Fsp3) is 0.286. The number of nitrogens with zero attached hydrogens (tertiary/aromatic N) is 4. The molecule has 0 saturated carbocycles. The molecule has 1 fully saturated rings. The number of carbonyl (C=O) groups is 1. The molecule has 1 saturated heterocycles. The summed E-state index contributed by atoms with van der Waals surface area (Å²) in [5.74, 6) is 2.20. The number of amides is 2. The van der Waals surface area contributed by atoms with Gasteiger partial charge in [-0.25, -0.2) is 14.8 Å². The molecule has 2 amide bonds. The first kappa shape index (κ1) is 19.6. The predicted octanol–water partition coefficient (Wildman–Crippen LogP) is 2.71. The van der Waals surface area contributed by atoms with Crippen molar-refractivity contribution in [3.05, 3.63) is 42.7 Å². The Kier molecular flexibility index (Phi) is 5.42. The van der Waals surface area contributed by atoms with Crippen LogP contribution in [0.2, 0.25) is 0 Å². The van der Waals surface area contributed by atoms with Crippen LogP contribution in [0.25, 0.3) is 10.9 Å². The van der Waals surface area contributed by atoms with Gasteiger partial charge >= 0.3 is 6.03 Å². The van der Waals surface area contributed by atoms with Gasteiger partial charge in [0.25, 0.3) is 0 Å². The Hall–Kier alpha value is -3.75. The number of nitrogens with one attached hydrogen (secondary N) is 1. The second kappa shape index (κ2) is 8.32. The number of phenols is 1. The van der Waals surface area contributed by atoms with E-state index in [0.717, 1.165) is 16.7 Å². The fourth-order valence-corrected chi connectivity index (χ4v) is 3.49. The van der Waals surface area contributed by atoms with Gasteiger partial charge in [0.15, 0.2) is 11.5 Å². The number of ether oxygens (including phenoxy) is 2. The molecule has 0 unspecified atom stereocenters. The largest absolute Gasteiger partial charge is 0.508 e. The lowest BCUT2D eigenvalue weighted by atomic mass is 10.2. The average Bonchev–Trinajstić information content (AvgIpc) is 2.79. The van der Waals surface area contributed by atoms with Crippen molar-refractivity contribution in [3.8, 4) is 17.2 Å². The Balaban J connectivity index is 1.48. The number of carbonyl (C=O) groups excluding carboxylic acids is 1. The van der Waals surface area contributed by atoms with Crippen molar-refractivity contribution in [1.29, 1.82) is 0 Å². The van der Waals surface area contributed by atoms with Gasteiger partial charge in [0, 0.05) is 43.3 Å². The van der Waals surface area contributed by atoms with Gasteiger partial charge in [0.05, 0.1) is 19.7 Å². The van der Waals surface area contributed by atoms with Gasteiger partial charge in [0.1, 0.15) is 17.9 Å². The molecule has 2 aromatic carbocycles. The maximum Gasteiger partial charge on any atom is 0.321 e. The molecule has 156 valence electrons. The third kappa shape index (κ3) is 3.86. The smallest absolute Gasteiger partial charge is 0.321 e. The van der Waals surface area contributed by atoms with Crippen LogP contribution in [0, 0.1) is 0 Å². The van der Waals surface area contributed by atoms with E-state index in [0.29, 0.717) is 43.4 Å². The van der Waals surface area contributed by atoms with E-state index in [1.807, 2.05) is 12.1 Å². The second-order valence-electron chi connectivity index (χ2n) is 6.87. The van der Waals surface area contributed by atoms with Gasteiger partial charge in [-0.3, -0.25) is 0 Å². The zero-order valence-electron chi connectivity index (χ0n) is 16.8. The SMILES string of the molecule is COc1cc2ncnc(N3CCN(C(=O)Nc4ccc(O)cc4)CC3)c2cc1OC. The maximum absolute atomic E-state index is 12.5. The van der Waals surface area contributed by atoms with E-state index >= 15 is 0 Å². The van der Waals surface area contributed by atoms with Crippen LogP contribution in [0.1, 0.15) is 0 Å². The predicted molar refractivity (Wildman–Crippen MR) is 114 cm³/mol. The molecule has 3 aromatic rings. The summed E-state index contributed by atoms with van der Waals surface area (Å²) in [6, 6.07) is 9.96. The second-order valence-corrected chi connectivity index (χ2v) is 6.87. The van der Waals surface area contributed by atoms with Crippen molar-refractivity contribution in [2.45, 2.75) is 0 Å². The van der Waals surface area contributed by atoms with Crippen molar-refractivity contribution in [3.63, 3.8) is 0 Å². The van der Waals surface area contributed by atoms with Gasteiger partial charge in [0.2, 0.25) is 0 Å².